The topological polar surface area (TPSA) is 89.3 Å². The first kappa shape index (κ1) is 19.0. The molecule has 1 atom stereocenters. The van der Waals surface area contributed by atoms with Crippen LogP contribution in [0.2, 0.25) is 0 Å². The number of carbonyl (C=O) groups excluding carboxylic acids is 1. The highest BCUT2D eigenvalue weighted by Crippen LogP contribution is 2.21. The van der Waals surface area contributed by atoms with Crippen LogP contribution in [-0.4, -0.2) is 61.5 Å². The highest BCUT2D eigenvalue weighted by Gasteiger charge is 2.28. The Balaban J connectivity index is 1.58. The van der Waals surface area contributed by atoms with E-state index >= 15 is 0 Å². The summed E-state index contributed by atoms with van der Waals surface area (Å²) in [6.07, 6.45) is 3.18. The Hall–Kier alpha value is -3.33. The van der Waals surface area contributed by atoms with Crippen molar-refractivity contribution in [2.75, 3.05) is 24.8 Å². The fraction of sp³-hybridized carbons (Fsp3) is 0.350. The first-order valence-electron chi connectivity index (χ1n) is 9.52. The van der Waals surface area contributed by atoms with E-state index in [-0.39, 0.29) is 11.9 Å². The largest absolute Gasteiger partial charge is 0.334 e. The van der Waals surface area contributed by atoms with Crippen LogP contribution in [-0.2, 0) is 4.84 Å². The van der Waals surface area contributed by atoms with Gasteiger partial charge in [-0.2, -0.15) is 15.0 Å². The minimum Gasteiger partial charge on any atom is -0.334 e. The van der Waals surface area contributed by atoms with E-state index in [9.17, 15) is 4.79 Å². The van der Waals surface area contributed by atoms with Crippen LogP contribution in [0.5, 0.6) is 0 Å². The number of rotatable bonds is 3. The predicted octanol–water partition coefficient (Wildman–Crippen LogP) is 1.96. The van der Waals surface area contributed by atoms with Crippen molar-refractivity contribution in [3.05, 3.63) is 59.8 Å². The van der Waals surface area contributed by atoms with Gasteiger partial charge in [0.05, 0.1) is 36.3 Å². The molecule has 9 heteroatoms. The number of hydrogen-bond acceptors (Lipinski definition) is 7. The number of anilines is 1. The molecule has 29 heavy (non-hydrogen) atoms. The first-order valence-corrected chi connectivity index (χ1v) is 9.52. The Labute approximate surface area is 168 Å². The number of carbonyl (C=O) groups is 1. The van der Waals surface area contributed by atoms with Gasteiger partial charge < -0.3 is 4.90 Å². The van der Waals surface area contributed by atoms with Crippen molar-refractivity contribution in [3.8, 4) is 5.69 Å². The Kier molecular flexibility index (Phi) is 5.22. The molecule has 1 aliphatic rings. The lowest BCUT2D eigenvalue weighted by atomic mass is 10.1. The monoisotopic (exact) mass is 393 g/mol. The Morgan fingerprint density at radius 3 is 2.66 bits per heavy atom. The van der Waals surface area contributed by atoms with Gasteiger partial charge >= 0.3 is 0 Å². The molecule has 0 saturated carbocycles. The highest BCUT2D eigenvalue weighted by molar-refractivity contribution is 5.97. The minimum atomic E-state index is -0.0786. The van der Waals surface area contributed by atoms with Crippen LogP contribution < -0.4 is 5.06 Å². The van der Waals surface area contributed by atoms with E-state index in [1.54, 1.807) is 28.4 Å². The van der Waals surface area contributed by atoms with Gasteiger partial charge in [-0.25, -0.2) is 15.0 Å². The number of amides is 1. The van der Waals surface area contributed by atoms with Gasteiger partial charge in [-0.3, -0.25) is 9.63 Å². The second-order valence-corrected chi connectivity index (χ2v) is 7.01. The second-order valence-electron chi connectivity index (χ2n) is 7.01. The summed E-state index contributed by atoms with van der Waals surface area (Å²) in [6.45, 7) is 7.15. The summed E-state index contributed by atoms with van der Waals surface area (Å²) < 4.78 is 0. The molecule has 0 aliphatic carbocycles. The molecule has 0 N–H and O–H groups in total. The molecule has 3 aromatic rings. The van der Waals surface area contributed by atoms with Gasteiger partial charge in [0, 0.05) is 24.8 Å². The van der Waals surface area contributed by atoms with Gasteiger partial charge in [0.2, 0.25) is 0 Å². The van der Waals surface area contributed by atoms with Crippen LogP contribution in [0.1, 0.15) is 28.8 Å². The van der Waals surface area contributed by atoms with Crippen molar-refractivity contribution in [3.63, 3.8) is 0 Å². The standard InChI is InChI=1S/C20H23N7O2/c1-14-12-19(24-16(3)23-14)26-15(2)13-25(10-11-29-26)20(28)17-6-4-5-7-18(17)27-21-8-9-22-27/h4-9,12,15H,10-11,13H2,1-3H3. The molecule has 0 radical (unpaired) electrons. The molecule has 150 valence electrons. The third-order valence-corrected chi connectivity index (χ3v) is 4.71. The van der Waals surface area contributed by atoms with Crippen LogP contribution in [0.4, 0.5) is 5.82 Å². The molecule has 1 unspecified atom stereocenters. The van der Waals surface area contributed by atoms with Crippen molar-refractivity contribution in [1.82, 2.24) is 29.9 Å². The van der Waals surface area contributed by atoms with Gasteiger partial charge in [-0.15, -0.1) is 0 Å². The lowest BCUT2D eigenvalue weighted by Crippen LogP contribution is -2.41. The maximum absolute atomic E-state index is 13.3. The average molecular weight is 393 g/mol. The molecule has 3 heterocycles. The summed E-state index contributed by atoms with van der Waals surface area (Å²) in [6, 6.07) is 9.16. The number of aryl methyl sites for hydroxylation is 2. The fourth-order valence-electron chi connectivity index (χ4n) is 3.49. The normalized spacial score (nSPS) is 17.3. The molecule has 0 bridgehead atoms. The van der Waals surface area contributed by atoms with E-state index in [0.717, 1.165) is 5.69 Å². The van der Waals surface area contributed by atoms with Crippen molar-refractivity contribution in [2.45, 2.75) is 26.8 Å². The number of nitrogens with zero attached hydrogens (tertiary/aromatic N) is 7. The van der Waals surface area contributed by atoms with Crippen LogP contribution in [0.15, 0.2) is 42.7 Å². The third kappa shape index (κ3) is 3.95. The van der Waals surface area contributed by atoms with E-state index in [1.165, 1.54) is 4.80 Å². The molecule has 0 spiro atoms. The van der Waals surface area contributed by atoms with E-state index < -0.39 is 0 Å². The average Bonchev–Trinajstić information content (AvgIpc) is 3.16. The smallest absolute Gasteiger partial charge is 0.256 e. The fourth-order valence-corrected chi connectivity index (χ4v) is 3.49. The maximum atomic E-state index is 13.3. The Bertz CT molecular complexity index is 986. The Morgan fingerprint density at radius 1 is 1.14 bits per heavy atom. The van der Waals surface area contributed by atoms with Gasteiger partial charge in [0.15, 0.2) is 5.82 Å². The summed E-state index contributed by atoms with van der Waals surface area (Å²) >= 11 is 0. The Morgan fingerprint density at radius 2 is 1.90 bits per heavy atom. The minimum absolute atomic E-state index is 0.0785. The summed E-state index contributed by atoms with van der Waals surface area (Å²) in [5.41, 5.74) is 2.08. The number of para-hydroxylation sites is 1. The van der Waals surface area contributed by atoms with E-state index in [1.807, 2.05) is 45.0 Å². The molecular weight excluding hydrogens is 370 g/mol. The van der Waals surface area contributed by atoms with Crippen LogP contribution in [0, 0.1) is 13.8 Å². The SMILES string of the molecule is Cc1cc(N2OCCN(C(=O)c3ccccc3-n3nccn3)CC2C)nc(C)n1. The molecule has 1 amide bonds. The van der Waals surface area contributed by atoms with Gasteiger partial charge in [-0.05, 0) is 32.9 Å². The molecule has 1 fully saturated rings. The lowest BCUT2D eigenvalue weighted by molar-refractivity contribution is 0.0730. The molecule has 1 saturated heterocycles. The zero-order chi connectivity index (χ0) is 20.4. The van der Waals surface area contributed by atoms with Crippen molar-refractivity contribution in [2.24, 2.45) is 0 Å². The number of hydroxylamine groups is 1. The predicted molar refractivity (Wildman–Crippen MR) is 107 cm³/mol. The molecule has 2 aromatic heterocycles. The molecular formula is C20H23N7O2. The summed E-state index contributed by atoms with van der Waals surface area (Å²) in [4.78, 5) is 31.3. The van der Waals surface area contributed by atoms with E-state index in [0.29, 0.717) is 42.6 Å². The van der Waals surface area contributed by atoms with Gasteiger partial charge in [0.25, 0.3) is 5.91 Å². The van der Waals surface area contributed by atoms with Crippen molar-refractivity contribution in [1.29, 1.82) is 0 Å². The highest BCUT2D eigenvalue weighted by atomic mass is 16.7. The number of hydrogen-bond donors (Lipinski definition) is 0. The summed E-state index contributed by atoms with van der Waals surface area (Å²) in [5.74, 6) is 1.32. The van der Waals surface area contributed by atoms with E-state index in [4.69, 9.17) is 4.84 Å². The zero-order valence-electron chi connectivity index (χ0n) is 16.7. The number of aromatic nitrogens is 5. The lowest BCUT2D eigenvalue weighted by Gasteiger charge is -2.28. The molecule has 9 nitrogen and oxygen atoms in total. The van der Waals surface area contributed by atoms with E-state index in [2.05, 4.69) is 20.2 Å². The van der Waals surface area contributed by atoms with Crippen LogP contribution in [0.3, 0.4) is 0 Å². The maximum Gasteiger partial charge on any atom is 0.256 e. The summed E-state index contributed by atoms with van der Waals surface area (Å²) in [5, 5.41) is 10.1. The van der Waals surface area contributed by atoms with Crippen molar-refractivity contribution < 1.29 is 9.63 Å². The summed E-state index contributed by atoms with van der Waals surface area (Å²) in [7, 11) is 0. The number of benzene rings is 1. The third-order valence-electron chi connectivity index (χ3n) is 4.71. The van der Waals surface area contributed by atoms with Crippen LogP contribution >= 0.6 is 0 Å². The van der Waals surface area contributed by atoms with Crippen LogP contribution in [0.25, 0.3) is 5.69 Å². The first-order chi connectivity index (χ1) is 14.0. The quantitative estimate of drug-likeness (QED) is 0.672. The van der Waals surface area contributed by atoms with Gasteiger partial charge in [0.1, 0.15) is 5.82 Å². The second kappa shape index (κ2) is 7.96. The zero-order valence-corrected chi connectivity index (χ0v) is 16.7. The van der Waals surface area contributed by atoms with Gasteiger partial charge in [-0.1, -0.05) is 12.1 Å². The van der Waals surface area contributed by atoms with Crippen molar-refractivity contribution >= 4 is 11.7 Å². The molecule has 1 aromatic carbocycles. The molecule has 1 aliphatic heterocycles. The molecule has 4 rings (SSSR count).